The van der Waals surface area contributed by atoms with E-state index in [1.165, 1.54) is 18.0 Å². The minimum absolute atomic E-state index is 0.00211. The van der Waals surface area contributed by atoms with Gasteiger partial charge < -0.3 is 4.90 Å². The van der Waals surface area contributed by atoms with E-state index in [0.717, 1.165) is 18.2 Å². The molecule has 1 fully saturated rings. The molecule has 1 amide bonds. The molecule has 21 heavy (non-hydrogen) atoms. The lowest BCUT2D eigenvalue weighted by Gasteiger charge is -2.23. The van der Waals surface area contributed by atoms with Crippen molar-refractivity contribution in [2.75, 3.05) is 18.6 Å². The molecule has 1 aromatic rings. The molecule has 0 aromatic heterocycles. The summed E-state index contributed by atoms with van der Waals surface area (Å²) in [6, 6.07) is 3.63. The second-order valence-electron chi connectivity index (χ2n) is 5.05. The third-order valence-electron chi connectivity index (χ3n) is 3.51. The molecule has 0 spiro atoms. The summed E-state index contributed by atoms with van der Waals surface area (Å²) in [6.45, 7) is 0. The Labute approximate surface area is 120 Å². The van der Waals surface area contributed by atoms with Crippen molar-refractivity contribution in [3.63, 3.8) is 0 Å². The van der Waals surface area contributed by atoms with E-state index in [1.807, 2.05) is 0 Å². The van der Waals surface area contributed by atoms with Crippen LogP contribution in [-0.2, 0) is 16.0 Å². The molecule has 2 rings (SSSR count). The number of hydrogen-bond donors (Lipinski definition) is 0. The highest BCUT2D eigenvalue weighted by Gasteiger charge is 2.34. The van der Waals surface area contributed by atoms with Crippen LogP contribution in [-0.4, -0.2) is 43.8 Å². The van der Waals surface area contributed by atoms with Gasteiger partial charge in [-0.2, -0.15) is 13.2 Å². The Morgan fingerprint density at radius 2 is 2.00 bits per heavy atom. The van der Waals surface area contributed by atoms with Gasteiger partial charge in [-0.05, 0) is 24.6 Å². The minimum Gasteiger partial charge on any atom is -0.338 e. The fourth-order valence-electron chi connectivity index (χ4n) is 2.28. The van der Waals surface area contributed by atoms with Crippen LogP contribution in [0.3, 0.4) is 0 Å². The van der Waals surface area contributed by atoms with Crippen LogP contribution in [0.2, 0.25) is 0 Å². The summed E-state index contributed by atoms with van der Waals surface area (Å²) in [5, 5.41) is 0. The second-order valence-corrected chi connectivity index (χ2v) is 7.28. The van der Waals surface area contributed by atoms with Gasteiger partial charge in [0.2, 0.25) is 0 Å². The van der Waals surface area contributed by atoms with Crippen molar-refractivity contribution < 1.29 is 26.4 Å². The molecule has 1 heterocycles. The van der Waals surface area contributed by atoms with E-state index in [2.05, 4.69) is 0 Å². The van der Waals surface area contributed by atoms with Gasteiger partial charge in [0.15, 0.2) is 9.84 Å². The molecule has 4 nitrogen and oxygen atoms in total. The monoisotopic (exact) mass is 321 g/mol. The SMILES string of the molecule is CN(C(=O)c1cccc(C(F)(F)F)c1)[C@@H]1CCS(=O)(=O)C1. The maximum absolute atomic E-state index is 12.6. The molecule has 1 aliphatic rings. The molecule has 0 unspecified atom stereocenters. The third-order valence-corrected chi connectivity index (χ3v) is 5.26. The van der Waals surface area contributed by atoms with Crippen molar-refractivity contribution in [1.82, 2.24) is 4.90 Å². The third kappa shape index (κ3) is 3.55. The number of rotatable bonds is 2. The molecule has 1 aromatic carbocycles. The van der Waals surface area contributed by atoms with Crippen LogP contribution < -0.4 is 0 Å². The van der Waals surface area contributed by atoms with Gasteiger partial charge >= 0.3 is 6.18 Å². The first-order valence-electron chi connectivity index (χ1n) is 6.25. The second kappa shape index (κ2) is 5.32. The number of hydrogen-bond acceptors (Lipinski definition) is 3. The zero-order chi connectivity index (χ0) is 15.8. The molecule has 0 aliphatic carbocycles. The van der Waals surface area contributed by atoms with Gasteiger partial charge in [-0.1, -0.05) is 6.07 Å². The summed E-state index contributed by atoms with van der Waals surface area (Å²) in [4.78, 5) is 13.4. The summed E-state index contributed by atoms with van der Waals surface area (Å²) in [5.74, 6) is -0.755. The smallest absolute Gasteiger partial charge is 0.338 e. The van der Waals surface area contributed by atoms with E-state index in [9.17, 15) is 26.4 Å². The molecule has 0 saturated carbocycles. The van der Waals surface area contributed by atoms with Crippen LogP contribution in [0.1, 0.15) is 22.3 Å². The van der Waals surface area contributed by atoms with Crippen molar-refractivity contribution in [3.8, 4) is 0 Å². The number of nitrogens with zero attached hydrogens (tertiary/aromatic N) is 1. The highest BCUT2D eigenvalue weighted by molar-refractivity contribution is 7.91. The lowest BCUT2D eigenvalue weighted by molar-refractivity contribution is -0.137. The molecule has 116 valence electrons. The molecule has 8 heteroatoms. The van der Waals surface area contributed by atoms with Gasteiger partial charge in [-0.25, -0.2) is 8.42 Å². The predicted octanol–water partition coefficient (Wildman–Crippen LogP) is 1.96. The molecular formula is C13H14F3NO3S. The first-order chi connectivity index (χ1) is 9.60. The average Bonchev–Trinajstić information content (AvgIpc) is 2.76. The largest absolute Gasteiger partial charge is 0.416 e. The summed E-state index contributed by atoms with van der Waals surface area (Å²) in [6.07, 6.45) is -4.21. The normalized spacial score (nSPS) is 21.2. The molecule has 1 saturated heterocycles. The topological polar surface area (TPSA) is 54.5 Å². The van der Waals surface area contributed by atoms with Crippen LogP contribution in [0.15, 0.2) is 24.3 Å². The lowest BCUT2D eigenvalue weighted by Crippen LogP contribution is -2.37. The van der Waals surface area contributed by atoms with E-state index >= 15 is 0 Å². The average molecular weight is 321 g/mol. The van der Waals surface area contributed by atoms with E-state index in [1.54, 1.807) is 0 Å². The van der Waals surface area contributed by atoms with Crippen LogP contribution in [0.25, 0.3) is 0 Å². The van der Waals surface area contributed by atoms with Gasteiger partial charge in [-0.3, -0.25) is 4.79 Å². The number of halogens is 3. The summed E-state index contributed by atoms with van der Waals surface area (Å²) in [5.41, 5.74) is -1.00. The lowest BCUT2D eigenvalue weighted by atomic mass is 10.1. The van der Waals surface area contributed by atoms with Crippen LogP contribution in [0, 0.1) is 0 Å². The molecule has 0 N–H and O–H groups in total. The van der Waals surface area contributed by atoms with E-state index in [0.29, 0.717) is 6.42 Å². The van der Waals surface area contributed by atoms with Gasteiger partial charge in [0.1, 0.15) is 0 Å². The molecule has 0 bridgehead atoms. The van der Waals surface area contributed by atoms with Crippen molar-refractivity contribution in [2.45, 2.75) is 18.6 Å². The maximum Gasteiger partial charge on any atom is 0.416 e. The van der Waals surface area contributed by atoms with E-state index < -0.39 is 33.5 Å². The van der Waals surface area contributed by atoms with Gasteiger partial charge in [-0.15, -0.1) is 0 Å². The van der Waals surface area contributed by atoms with Gasteiger partial charge in [0.05, 0.1) is 17.1 Å². The molecule has 1 atom stereocenters. The number of carbonyl (C=O) groups excluding carboxylic acids is 1. The number of benzene rings is 1. The molecule has 1 aliphatic heterocycles. The highest BCUT2D eigenvalue weighted by Crippen LogP contribution is 2.30. The van der Waals surface area contributed by atoms with Crippen LogP contribution in [0.4, 0.5) is 13.2 Å². The van der Waals surface area contributed by atoms with Crippen LogP contribution >= 0.6 is 0 Å². The Balaban J connectivity index is 2.20. The maximum atomic E-state index is 12.6. The van der Waals surface area contributed by atoms with E-state index in [4.69, 9.17) is 0 Å². The zero-order valence-electron chi connectivity index (χ0n) is 11.2. The van der Waals surface area contributed by atoms with Crippen molar-refractivity contribution in [1.29, 1.82) is 0 Å². The summed E-state index contributed by atoms with van der Waals surface area (Å²) >= 11 is 0. The van der Waals surface area contributed by atoms with Crippen LogP contribution in [0.5, 0.6) is 0 Å². The Hall–Kier alpha value is -1.57. The Kier molecular flexibility index (Phi) is 4.01. The van der Waals surface area contributed by atoms with E-state index in [-0.39, 0.29) is 17.1 Å². The van der Waals surface area contributed by atoms with Crippen molar-refractivity contribution in [3.05, 3.63) is 35.4 Å². The quantitative estimate of drug-likeness (QED) is 0.837. The first-order valence-corrected chi connectivity index (χ1v) is 8.07. The zero-order valence-corrected chi connectivity index (χ0v) is 12.0. The number of alkyl halides is 3. The summed E-state index contributed by atoms with van der Waals surface area (Å²) < 4.78 is 60.7. The van der Waals surface area contributed by atoms with Gasteiger partial charge in [0, 0.05) is 18.7 Å². The fraction of sp³-hybridized carbons (Fsp3) is 0.462. The number of sulfone groups is 1. The Morgan fingerprint density at radius 3 is 2.52 bits per heavy atom. The van der Waals surface area contributed by atoms with Crippen molar-refractivity contribution in [2.24, 2.45) is 0 Å². The Morgan fingerprint density at radius 1 is 1.33 bits per heavy atom. The first kappa shape index (κ1) is 15.8. The summed E-state index contributed by atoms with van der Waals surface area (Å²) in [7, 11) is -1.75. The van der Waals surface area contributed by atoms with Gasteiger partial charge in [0.25, 0.3) is 5.91 Å². The Bertz CT molecular complexity index is 655. The number of carbonyl (C=O) groups is 1. The molecule has 0 radical (unpaired) electrons. The highest BCUT2D eigenvalue weighted by atomic mass is 32.2. The fourth-order valence-corrected chi connectivity index (χ4v) is 4.05. The molecular weight excluding hydrogens is 307 g/mol. The standard InChI is InChI=1S/C13H14F3NO3S/c1-17(11-5-6-21(19,20)8-11)12(18)9-3-2-4-10(7-9)13(14,15)16/h2-4,7,11H,5-6,8H2,1H3/t11-/m1/s1. The number of amides is 1. The predicted molar refractivity (Wildman–Crippen MR) is 70.6 cm³/mol. The minimum atomic E-state index is -4.52. The van der Waals surface area contributed by atoms with Crippen molar-refractivity contribution >= 4 is 15.7 Å².